The van der Waals surface area contributed by atoms with Gasteiger partial charge in [0.1, 0.15) is 11.6 Å². The fourth-order valence-corrected chi connectivity index (χ4v) is 2.80. The second-order valence-electron chi connectivity index (χ2n) is 5.42. The molecule has 1 aliphatic carbocycles. The predicted molar refractivity (Wildman–Crippen MR) is 76.9 cm³/mol. The maximum Gasteiger partial charge on any atom is 0.134 e. The average Bonchev–Trinajstić information content (AvgIpc) is 2.40. The topological polar surface area (TPSA) is 38.0 Å². The number of aryl methyl sites for hydroxylation is 1. The van der Waals surface area contributed by atoms with Crippen molar-refractivity contribution in [3.63, 3.8) is 0 Å². The van der Waals surface area contributed by atoms with E-state index in [0.29, 0.717) is 5.56 Å². The summed E-state index contributed by atoms with van der Waals surface area (Å²) in [6, 6.07) is 2.18. The van der Waals surface area contributed by atoms with E-state index in [2.05, 4.69) is 11.5 Å². The zero-order valence-electron chi connectivity index (χ0n) is 11.9. The lowest BCUT2D eigenvalue weighted by Crippen LogP contribution is -2.31. The molecule has 1 unspecified atom stereocenters. The van der Waals surface area contributed by atoms with E-state index < -0.39 is 17.7 Å². The number of rotatable bonds is 3. The van der Waals surface area contributed by atoms with Crippen LogP contribution < -0.4 is 11.3 Å². The third-order valence-electron chi connectivity index (χ3n) is 3.97. The third kappa shape index (κ3) is 3.25. The molecule has 0 bridgehead atoms. The molecule has 0 radical (unpaired) electrons. The highest BCUT2D eigenvalue weighted by molar-refractivity contribution is 5.34. The first-order chi connectivity index (χ1) is 9.65. The fraction of sp³-hybridized carbons (Fsp3) is 0.500. The fourth-order valence-electron chi connectivity index (χ4n) is 2.80. The van der Waals surface area contributed by atoms with Crippen LogP contribution in [0.15, 0.2) is 23.8 Å². The van der Waals surface area contributed by atoms with Crippen molar-refractivity contribution in [3.05, 3.63) is 46.5 Å². The summed E-state index contributed by atoms with van der Waals surface area (Å²) >= 11 is 0. The summed E-state index contributed by atoms with van der Waals surface area (Å²) in [5.41, 5.74) is 4.07. The Morgan fingerprint density at radius 3 is 2.65 bits per heavy atom. The Hall–Kier alpha value is -1.26. The molecule has 1 aromatic carbocycles. The molecule has 2 rings (SSSR count). The predicted octanol–water partition coefficient (Wildman–Crippen LogP) is 4.06. The first-order valence-electron chi connectivity index (χ1n) is 7.24. The van der Waals surface area contributed by atoms with Crippen LogP contribution in [-0.4, -0.2) is 0 Å². The molecule has 0 aliphatic heterocycles. The van der Waals surface area contributed by atoms with Crippen molar-refractivity contribution in [1.82, 2.24) is 5.43 Å². The van der Waals surface area contributed by atoms with Crippen LogP contribution >= 0.6 is 0 Å². The molecule has 0 amide bonds. The van der Waals surface area contributed by atoms with Gasteiger partial charge in [0, 0.05) is 5.56 Å². The van der Waals surface area contributed by atoms with Crippen molar-refractivity contribution in [2.75, 3.05) is 0 Å². The van der Waals surface area contributed by atoms with Crippen molar-refractivity contribution in [2.24, 2.45) is 5.84 Å². The van der Waals surface area contributed by atoms with Crippen molar-refractivity contribution in [2.45, 2.75) is 51.5 Å². The number of benzene rings is 1. The molecule has 20 heavy (non-hydrogen) atoms. The molecule has 110 valence electrons. The van der Waals surface area contributed by atoms with Gasteiger partial charge >= 0.3 is 0 Å². The summed E-state index contributed by atoms with van der Waals surface area (Å²) in [5.74, 6) is 4.54. The zero-order chi connectivity index (χ0) is 14.5. The van der Waals surface area contributed by atoms with Crippen molar-refractivity contribution in [3.8, 4) is 0 Å². The van der Waals surface area contributed by atoms with Crippen LogP contribution in [-0.2, 0) is 0 Å². The lowest BCUT2D eigenvalue weighted by molar-refractivity contribution is 0.487. The summed E-state index contributed by atoms with van der Waals surface area (Å²) in [5, 5.41) is 0. The lowest BCUT2D eigenvalue weighted by atomic mass is 9.90. The van der Waals surface area contributed by atoms with E-state index >= 15 is 0 Å². The van der Waals surface area contributed by atoms with Crippen LogP contribution in [0.1, 0.15) is 55.7 Å². The largest absolute Gasteiger partial charge is 0.271 e. The Morgan fingerprint density at radius 1 is 1.15 bits per heavy atom. The number of allylic oxidation sites excluding steroid dienone is 1. The highest BCUT2D eigenvalue weighted by atomic mass is 19.1. The van der Waals surface area contributed by atoms with Crippen LogP contribution in [0, 0.1) is 18.6 Å². The van der Waals surface area contributed by atoms with E-state index in [0.717, 1.165) is 37.7 Å². The minimum Gasteiger partial charge on any atom is -0.271 e. The van der Waals surface area contributed by atoms with Gasteiger partial charge in [-0.05, 0) is 44.2 Å². The average molecular weight is 280 g/mol. The van der Waals surface area contributed by atoms with Gasteiger partial charge in [-0.3, -0.25) is 5.84 Å². The van der Waals surface area contributed by atoms with Gasteiger partial charge in [0.15, 0.2) is 0 Å². The van der Waals surface area contributed by atoms with Crippen LogP contribution in [0.3, 0.4) is 0 Å². The van der Waals surface area contributed by atoms with E-state index in [1.54, 1.807) is 6.92 Å². The van der Waals surface area contributed by atoms with Crippen LogP contribution in [0.2, 0.25) is 0 Å². The third-order valence-corrected chi connectivity index (χ3v) is 3.97. The molecule has 0 fully saturated rings. The highest BCUT2D eigenvalue weighted by Gasteiger charge is 2.24. The molecule has 4 heteroatoms. The number of halogens is 2. The Morgan fingerprint density at radius 2 is 1.90 bits per heavy atom. The number of nitrogens with two attached hydrogens (primary N) is 1. The molecule has 3 N–H and O–H groups in total. The van der Waals surface area contributed by atoms with Crippen LogP contribution in [0.5, 0.6) is 0 Å². The molecule has 0 heterocycles. The Bertz CT molecular complexity index is 497. The number of hydrogen-bond acceptors (Lipinski definition) is 2. The van der Waals surface area contributed by atoms with Gasteiger partial charge in [-0.25, -0.2) is 14.2 Å². The van der Waals surface area contributed by atoms with Crippen LogP contribution in [0.25, 0.3) is 0 Å². The van der Waals surface area contributed by atoms with Gasteiger partial charge in [-0.1, -0.05) is 30.6 Å². The van der Waals surface area contributed by atoms with Crippen molar-refractivity contribution < 1.29 is 8.78 Å². The summed E-state index contributed by atoms with van der Waals surface area (Å²) in [6.45, 7) is 1.64. The molecule has 0 aromatic heterocycles. The van der Waals surface area contributed by atoms with Crippen LogP contribution in [0.4, 0.5) is 8.78 Å². The normalized spacial score (nSPS) is 20.7. The first-order valence-corrected chi connectivity index (χ1v) is 7.24. The molecule has 1 atom stereocenters. The number of hydrazine groups is 1. The van der Waals surface area contributed by atoms with Gasteiger partial charge < -0.3 is 0 Å². The molecule has 1 aliphatic rings. The SMILES string of the molecule is Cc1ccc(F)c(C(NN)/C2=C/CCCCCC2)c1F. The molecule has 2 nitrogen and oxygen atoms in total. The van der Waals surface area contributed by atoms with E-state index in [1.807, 2.05) is 0 Å². The molecule has 0 saturated carbocycles. The van der Waals surface area contributed by atoms with Gasteiger partial charge in [0.05, 0.1) is 6.04 Å². The quantitative estimate of drug-likeness (QED) is 0.498. The zero-order valence-corrected chi connectivity index (χ0v) is 11.9. The van der Waals surface area contributed by atoms with Gasteiger partial charge in [0.2, 0.25) is 0 Å². The smallest absolute Gasteiger partial charge is 0.134 e. The van der Waals surface area contributed by atoms with E-state index in [1.165, 1.54) is 18.6 Å². The molecule has 1 aromatic rings. The maximum absolute atomic E-state index is 14.3. The van der Waals surface area contributed by atoms with Gasteiger partial charge in [0.25, 0.3) is 0 Å². The molecular formula is C16H22F2N2. The minimum atomic E-state index is -0.576. The van der Waals surface area contributed by atoms with Crippen molar-refractivity contribution in [1.29, 1.82) is 0 Å². The standard InChI is InChI=1S/C16H22F2N2/c1-11-9-10-13(17)14(15(11)18)16(20-19)12-7-5-3-2-4-6-8-12/h7,9-10,16,20H,2-6,8,19H2,1H3/b12-7+. The minimum absolute atomic E-state index is 0.0410. The summed E-state index contributed by atoms with van der Waals surface area (Å²) in [4.78, 5) is 0. The van der Waals surface area contributed by atoms with Gasteiger partial charge in [-0.15, -0.1) is 0 Å². The highest BCUT2D eigenvalue weighted by Crippen LogP contribution is 2.32. The Labute approximate surface area is 119 Å². The lowest BCUT2D eigenvalue weighted by Gasteiger charge is -2.23. The van der Waals surface area contributed by atoms with Gasteiger partial charge in [-0.2, -0.15) is 0 Å². The second-order valence-corrected chi connectivity index (χ2v) is 5.42. The first kappa shape index (κ1) is 15.1. The van der Waals surface area contributed by atoms with E-state index in [-0.39, 0.29) is 5.56 Å². The summed E-state index contributed by atoms with van der Waals surface area (Å²) < 4.78 is 28.3. The number of hydrogen-bond donors (Lipinski definition) is 2. The van der Waals surface area contributed by atoms with E-state index in [9.17, 15) is 8.78 Å². The molecular weight excluding hydrogens is 258 g/mol. The Kier molecular flexibility index (Phi) is 5.26. The summed E-state index contributed by atoms with van der Waals surface area (Å²) in [6.07, 6.45) is 8.42. The number of nitrogens with one attached hydrogen (secondary N) is 1. The maximum atomic E-state index is 14.3. The monoisotopic (exact) mass is 280 g/mol. The Balaban J connectivity index is 2.39. The second kappa shape index (κ2) is 6.95. The molecule has 0 saturated heterocycles. The molecule has 0 spiro atoms. The summed E-state index contributed by atoms with van der Waals surface area (Å²) in [7, 11) is 0. The van der Waals surface area contributed by atoms with E-state index in [4.69, 9.17) is 5.84 Å². The van der Waals surface area contributed by atoms with Crippen molar-refractivity contribution >= 4 is 0 Å².